The summed E-state index contributed by atoms with van der Waals surface area (Å²) in [6, 6.07) is 13.7. The van der Waals surface area contributed by atoms with Crippen molar-refractivity contribution in [1.29, 1.82) is 0 Å². The molecule has 3 rings (SSSR count). The van der Waals surface area contributed by atoms with Gasteiger partial charge in [-0.3, -0.25) is 4.79 Å². The van der Waals surface area contributed by atoms with Crippen LogP contribution in [-0.4, -0.2) is 27.0 Å². The molecule has 2 aromatic carbocycles. The van der Waals surface area contributed by atoms with E-state index < -0.39 is 6.61 Å². The zero-order valence-electron chi connectivity index (χ0n) is 13.6. The first-order valence-corrected chi connectivity index (χ1v) is 7.72. The van der Waals surface area contributed by atoms with Crippen LogP contribution in [0.25, 0.3) is 22.4 Å². The van der Waals surface area contributed by atoms with Crippen LogP contribution >= 0.6 is 0 Å². The van der Waals surface area contributed by atoms with Crippen LogP contribution in [-0.2, 0) is 7.05 Å². The summed E-state index contributed by atoms with van der Waals surface area (Å²) >= 11 is 0. The van der Waals surface area contributed by atoms with E-state index in [2.05, 4.69) is 43.1 Å². The van der Waals surface area contributed by atoms with Gasteiger partial charge < -0.3 is 9.67 Å². The summed E-state index contributed by atoms with van der Waals surface area (Å²) in [7, 11) is 1.97. The van der Waals surface area contributed by atoms with Gasteiger partial charge in [0, 0.05) is 18.2 Å². The number of imidazole rings is 1. The Morgan fingerprint density at radius 1 is 1.17 bits per heavy atom. The van der Waals surface area contributed by atoms with Crippen molar-refractivity contribution in [3.8, 4) is 11.4 Å². The third kappa shape index (κ3) is 2.78. The Hall–Kier alpha value is -2.46. The fourth-order valence-electron chi connectivity index (χ4n) is 2.74. The van der Waals surface area contributed by atoms with Crippen molar-refractivity contribution in [2.45, 2.75) is 19.8 Å². The van der Waals surface area contributed by atoms with Gasteiger partial charge in [-0.1, -0.05) is 38.1 Å². The molecule has 0 spiro atoms. The van der Waals surface area contributed by atoms with E-state index in [1.54, 1.807) is 12.1 Å². The van der Waals surface area contributed by atoms with Crippen molar-refractivity contribution in [2.24, 2.45) is 7.05 Å². The Morgan fingerprint density at radius 2 is 1.87 bits per heavy atom. The number of aliphatic hydroxyl groups excluding tert-OH is 1. The number of fused-ring (bicyclic) bond motifs is 1. The fraction of sp³-hybridized carbons (Fsp3) is 0.263. The molecule has 4 heteroatoms. The van der Waals surface area contributed by atoms with E-state index >= 15 is 0 Å². The Bertz CT molecular complexity index is 861. The highest BCUT2D eigenvalue weighted by Gasteiger charge is 2.12. The minimum atomic E-state index is -0.484. The normalized spacial score (nSPS) is 11.3. The highest BCUT2D eigenvalue weighted by atomic mass is 16.3. The van der Waals surface area contributed by atoms with Gasteiger partial charge >= 0.3 is 0 Å². The van der Waals surface area contributed by atoms with Crippen LogP contribution in [0.1, 0.15) is 35.7 Å². The minimum Gasteiger partial charge on any atom is -0.388 e. The molecule has 23 heavy (non-hydrogen) atoms. The van der Waals surface area contributed by atoms with Gasteiger partial charge in [0.05, 0.1) is 11.0 Å². The first kappa shape index (κ1) is 15.4. The van der Waals surface area contributed by atoms with Gasteiger partial charge in [-0.05, 0) is 29.7 Å². The molecule has 1 N–H and O–H groups in total. The summed E-state index contributed by atoms with van der Waals surface area (Å²) in [4.78, 5) is 16.3. The fourth-order valence-corrected chi connectivity index (χ4v) is 2.74. The van der Waals surface area contributed by atoms with Crippen molar-refractivity contribution in [1.82, 2.24) is 9.55 Å². The topological polar surface area (TPSA) is 55.1 Å². The second kappa shape index (κ2) is 5.97. The lowest BCUT2D eigenvalue weighted by atomic mass is 10.0. The van der Waals surface area contributed by atoms with Gasteiger partial charge in [0.2, 0.25) is 0 Å². The first-order valence-electron chi connectivity index (χ1n) is 7.72. The molecule has 0 aliphatic carbocycles. The molecule has 0 radical (unpaired) electrons. The van der Waals surface area contributed by atoms with Gasteiger partial charge in [0.1, 0.15) is 12.4 Å². The van der Waals surface area contributed by atoms with Gasteiger partial charge in [0.15, 0.2) is 5.78 Å². The van der Waals surface area contributed by atoms with Crippen molar-refractivity contribution >= 4 is 16.8 Å². The number of aromatic nitrogens is 2. The standard InChI is InChI=1S/C19H20N2O2/c1-12(2)13-4-6-14(7-5-13)19-20-16-10-15(18(23)11-22)8-9-17(16)21(19)3/h4-10,12,22H,11H2,1-3H3. The number of ketones is 1. The molecule has 0 bridgehead atoms. The first-order chi connectivity index (χ1) is 11.0. The summed E-state index contributed by atoms with van der Waals surface area (Å²) in [5.41, 5.74) is 4.54. The van der Waals surface area contributed by atoms with Crippen molar-refractivity contribution in [3.05, 3.63) is 53.6 Å². The van der Waals surface area contributed by atoms with Crippen LogP contribution in [0.2, 0.25) is 0 Å². The van der Waals surface area contributed by atoms with Crippen LogP contribution in [0, 0.1) is 0 Å². The molecule has 1 aromatic heterocycles. The molecule has 3 aromatic rings. The minimum absolute atomic E-state index is 0.291. The molecule has 0 saturated heterocycles. The SMILES string of the molecule is CC(C)c1ccc(-c2nc3cc(C(=O)CO)ccc3n2C)cc1. The van der Waals surface area contributed by atoms with E-state index in [1.165, 1.54) is 5.56 Å². The van der Waals surface area contributed by atoms with E-state index in [4.69, 9.17) is 5.11 Å². The summed E-state index contributed by atoms with van der Waals surface area (Å²) in [5, 5.41) is 8.99. The molecule has 0 fully saturated rings. The van der Waals surface area contributed by atoms with Crippen LogP contribution in [0.5, 0.6) is 0 Å². The zero-order valence-corrected chi connectivity index (χ0v) is 13.6. The number of aliphatic hydroxyl groups is 1. The summed E-state index contributed by atoms with van der Waals surface area (Å²) in [6.07, 6.45) is 0. The summed E-state index contributed by atoms with van der Waals surface area (Å²) in [6.45, 7) is 3.86. The number of Topliss-reactive ketones (excluding diaryl/α,β-unsaturated/α-hetero) is 1. The van der Waals surface area contributed by atoms with Crippen LogP contribution < -0.4 is 0 Å². The average Bonchev–Trinajstić information content (AvgIpc) is 2.90. The molecular formula is C19H20N2O2. The van der Waals surface area contributed by atoms with E-state index in [0.717, 1.165) is 22.4 Å². The average molecular weight is 308 g/mol. The molecule has 118 valence electrons. The number of rotatable bonds is 4. The van der Waals surface area contributed by atoms with Crippen LogP contribution in [0.3, 0.4) is 0 Å². The Labute approximate surface area is 135 Å². The maximum Gasteiger partial charge on any atom is 0.188 e. The monoisotopic (exact) mass is 308 g/mol. The molecule has 4 nitrogen and oxygen atoms in total. The summed E-state index contributed by atoms with van der Waals surface area (Å²) < 4.78 is 2.02. The van der Waals surface area contributed by atoms with Crippen LogP contribution in [0.4, 0.5) is 0 Å². The maximum atomic E-state index is 11.6. The maximum absolute atomic E-state index is 11.6. The number of hydrogen-bond donors (Lipinski definition) is 1. The quantitative estimate of drug-likeness (QED) is 0.750. The Kier molecular flexibility index (Phi) is 4.01. The van der Waals surface area contributed by atoms with Crippen molar-refractivity contribution < 1.29 is 9.90 Å². The van der Waals surface area contributed by atoms with E-state index in [1.807, 2.05) is 17.7 Å². The summed E-state index contributed by atoms with van der Waals surface area (Å²) in [5.74, 6) is 1.07. The van der Waals surface area contributed by atoms with Crippen LogP contribution in [0.15, 0.2) is 42.5 Å². The third-order valence-electron chi connectivity index (χ3n) is 4.18. The van der Waals surface area contributed by atoms with Gasteiger partial charge in [-0.25, -0.2) is 4.98 Å². The number of carbonyl (C=O) groups is 1. The highest BCUT2D eigenvalue weighted by Crippen LogP contribution is 2.26. The van der Waals surface area contributed by atoms with E-state index in [9.17, 15) is 4.79 Å². The van der Waals surface area contributed by atoms with Crippen molar-refractivity contribution in [3.63, 3.8) is 0 Å². The molecule has 0 aliphatic heterocycles. The lowest BCUT2D eigenvalue weighted by Gasteiger charge is -2.07. The smallest absolute Gasteiger partial charge is 0.188 e. The van der Waals surface area contributed by atoms with Gasteiger partial charge in [-0.2, -0.15) is 0 Å². The predicted molar refractivity (Wildman–Crippen MR) is 91.7 cm³/mol. The number of benzene rings is 2. The number of aryl methyl sites for hydroxylation is 1. The van der Waals surface area contributed by atoms with Gasteiger partial charge in [-0.15, -0.1) is 0 Å². The second-order valence-corrected chi connectivity index (χ2v) is 6.06. The molecule has 1 heterocycles. The third-order valence-corrected chi connectivity index (χ3v) is 4.18. The Balaban J connectivity index is 2.07. The largest absolute Gasteiger partial charge is 0.388 e. The molecular weight excluding hydrogens is 288 g/mol. The van der Waals surface area contributed by atoms with E-state index in [-0.39, 0.29) is 5.78 Å². The zero-order chi connectivity index (χ0) is 16.6. The molecule has 0 amide bonds. The number of nitrogens with zero attached hydrogens (tertiary/aromatic N) is 2. The lowest BCUT2D eigenvalue weighted by Crippen LogP contribution is -2.03. The highest BCUT2D eigenvalue weighted by molar-refractivity contribution is 6.00. The molecule has 0 atom stereocenters. The number of hydrogen-bond acceptors (Lipinski definition) is 3. The Morgan fingerprint density at radius 3 is 2.48 bits per heavy atom. The second-order valence-electron chi connectivity index (χ2n) is 6.06. The van der Waals surface area contributed by atoms with E-state index in [0.29, 0.717) is 11.5 Å². The predicted octanol–water partition coefficient (Wildman–Crippen LogP) is 3.54. The molecule has 0 aliphatic rings. The lowest BCUT2D eigenvalue weighted by molar-refractivity contribution is 0.0904. The van der Waals surface area contributed by atoms with Crippen molar-refractivity contribution in [2.75, 3.05) is 6.61 Å². The molecule has 0 saturated carbocycles. The molecule has 0 unspecified atom stereocenters. The van der Waals surface area contributed by atoms with Gasteiger partial charge in [0.25, 0.3) is 0 Å². The number of carbonyl (C=O) groups excluding carboxylic acids is 1.